The number of nitrogens with zero attached hydrogens (tertiary/aromatic N) is 1. The molecule has 0 saturated heterocycles. The number of halogens is 1. The van der Waals surface area contributed by atoms with Gasteiger partial charge in [0, 0.05) is 18.0 Å². The van der Waals surface area contributed by atoms with Gasteiger partial charge in [-0.1, -0.05) is 23.7 Å². The molecule has 2 unspecified atom stereocenters. The molecule has 0 fully saturated rings. The summed E-state index contributed by atoms with van der Waals surface area (Å²) in [6.45, 7) is 0.915. The van der Waals surface area contributed by atoms with Gasteiger partial charge in [0.05, 0.1) is 17.8 Å². The van der Waals surface area contributed by atoms with E-state index in [1.54, 1.807) is 12.1 Å². The number of aliphatic hydroxyl groups excluding tert-OH is 1. The summed E-state index contributed by atoms with van der Waals surface area (Å²) in [7, 11) is 1.35. The van der Waals surface area contributed by atoms with Gasteiger partial charge in [0.1, 0.15) is 6.10 Å². The summed E-state index contributed by atoms with van der Waals surface area (Å²) < 4.78 is 4.92. The molecule has 7 heteroatoms. The fourth-order valence-electron chi connectivity index (χ4n) is 2.69. The van der Waals surface area contributed by atoms with Crippen LogP contribution in [0, 0.1) is 0 Å². The van der Waals surface area contributed by atoms with Crippen LogP contribution in [0.3, 0.4) is 0 Å². The van der Waals surface area contributed by atoms with Crippen LogP contribution in [0.1, 0.15) is 16.5 Å². The standard InChI is InChI=1S/C16H17ClN2O3S/c1-22-16(21)15(18-12-5-3-2-4-11(12)17)19-8-10-6-7-23-14(10)13(20)9-19/h2-7,13,15,18,20H,8-9H2,1H3. The highest BCUT2D eigenvalue weighted by atomic mass is 35.5. The number of ether oxygens (including phenoxy) is 1. The number of benzene rings is 1. The highest BCUT2D eigenvalue weighted by molar-refractivity contribution is 7.10. The first-order chi connectivity index (χ1) is 11.1. The summed E-state index contributed by atoms with van der Waals surface area (Å²) in [5.74, 6) is -0.421. The second-order valence-electron chi connectivity index (χ2n) is 5.31. The molecule has 1 aromatic heterocycles. The minimum Gasteiger partial charge on any atom is -0.466 e. The van der Waals surface area contributed by atoms with Crippen LogP contribution < -0.4 is 5.32 Å². The number of aliphatic hydroxyl groups is 1. The number of rotatable bonds is 4. The van der Waals surface area contributed by atoms with Crippen LogP contribution >= 0.6 is 22.9 Å². The zero-order valence-corrected chi connectivity index (χ0v) is 14.1. The fraction of sp³-hybridized carbons (Fsp3) is 0.312. The summed E-state index contributed by atoms with van der Waals surface area (Å²) in [6.07, 6.45) is -1.33. The van der Waals surface area contributed by atoms with Crippen molar-refractivity contribution < 1.29 is 14.6 Å². The predicted molar refractivity (Wildman–Crippen MR) is 90.6 cm³/mol. The average Bonchev–Trinajstić information content (AvgIpc) is 3.02. The zero-order valence-electron chi connectivity index (χ0n) is 12.5. The fourth-order valence-corrected chi connectivity index (χ4v) is 3.78. The number of methoxy groups -OCH3 is 1. The number of β-amino-alcohol motifs (C(OH)–C–C–N with tert-alkyl or cyclic N) is 1. The van der Waals surface area contributed by atoms with Gasteiger partial charge in [-0.15, -0.1) is 11.3 Å². The van der Waals surface area contributed by atoms with Crippen LogP contribution in [-0.2, 0) is 16.1 Å². The number of carbonyl (C=O) groups is 1. The molecule has 0 bridgehead atoms. The maximum Gasteiger partial charge on any atom is 0.343 e. The summed E-state index contributed by atoms with van der Waals surface area (Å²) >= 11 is 7.70. The van der Waals surface area contributed by atoms with E-state index in [2.05, 4.69) is 5.32 Å². The molecule has 0 amide bonds. The van der Waals surface area contributed by atoms with Crippen LogP contribution in [0.5, 0.6) is 0 Å². The van der Waals surface area contributed by atoms with Gasteiger partial charge in [-0.05, 0) is 29.1 Å². The lowest BCUT2D eigenvalue weighted by atomic mass is 10.1. The molecule has 1 aliphatic heterocycles. The number of fused-ring (bicyclic) bond motifs is 1. The molecule has 0 radical (unpaired) electrons. The Morgan fingerprint density at radius 1 is 1.48 bits per heavy atom. The first kappa shape index (κ1) is 16.3. The van der Waals surface area contributed by atoms with Crippen LogP contribution in [0.2, 0.25) is 5.02 Å². The zero-order chi connectivity index (χ0) is 16.4. The Morgan fingerprint density at radius 2 is 2.26 bits per heavy atom. The summed E-state index contributed by atoms with van der Waals surface area (Å²) in [5, 5.41) is 15.9. The monoisotopic (exact) mass is 352 g/mol. The Labute approximate surface area is 143 Å². The second-order valence-corrected chi connectivity index (χ2v) is 6.66. The first-order valence-corrected chi connectivity index (χ1v) is 8.43. The normalized spacial score (nSPS) is 19.0. The lowest BCUT2D eigenvalue weighted by molar-refractivity contribution is -0.146. The Bertz CT molecular complexity index is 706. The van der Waals surface area contributed by atoms with E-state index >= 15 is 0 Å². The molecule has 2 atom stereocenters. The number of nitrogens with one attached hydrogen (secondary N) is 1. The Morgan fingerprint density at radius 3 is 3.00 bits per heavy atom. The van der Waals surface area contributed by atoms with Crippen molar-refractivity contribution in [2.45, 2.75) is 18.8 Å². The molecule has 122 valence electrons. The van der Waals surface area contributed by atoms with Crippen molar-refractivity contribution in [3.63, 3.8) is 0 Å². The van der Waals surface area contributed by atoms with Crippen molar-refractivity contribution >= 4 is 34.6 Å². The topological polar surface area (TPSA) is 61.8 Å². The van der Waals surface area contributed by atoms with Crippen LogP contribution in [0.4, 0.5) is 5.69 Å². The van der Waals surface area contributed by atoms with Gasteiger partial charge in [-0.25, -0.2) is 4.79 Å². The summed E-state index contributed by atoms with van der Waals surface area (Å²) in [4.78, 5) is 15.1. The van der Waals surface area contributed by atoms with Gasteiger partial charge in [-0.2, -0.15) is 0 Å². The van der Waals surface area contributed by atoms with Crippen molar-refractivity contribution in [1.82, 2.24) is 4.90 Å². The maximum atomic E-state index is 12.2. The molecule has 1 aliphatic rings. The van der Waals surface area contributed by atoms with Gasteiger partial charge in [0.15, 0.2) is 6.17 Å². The lowest BCUT2D eigenvalue weighted by Crippen LogP contribution is -2.49. The van der Waals surface area contributed by atoms with Gasteiger partial charge >= 0.3 is 5.97 Å². The number of hydrogen-bond donors (Lipinski definition) is 2. The number of para-hydroxylation sites is 1. The quantitative estimate of drug-likeness (QED) is 0.828. The molecule has 2 heterocycles. The van der Waals surface area contributed by atoms with Crippen molar-refractivity contribution in [3.8, 4) is 0 Å². The molecule has 0 saturated carbocycles. The van der Waals surface area contributed by atoms with E-state index in [9.17, 15) is 9.90 Å². The van der Waals surface area contributed by atoms with E-state index in [1.807, 2.05) is 28.5 Å². The highest BCUT2D eigenvalue weighted by Gasteiger charge is 2.34. The predicted octanol–water partition coefficient (Wildman–Crippen LogP) is 2.86. The van der Waals surface area contributed by atoms with Crippen molar-refractivity contribution in [2.24, 2.45) is 0 Å². The van der Waals surface area contributed by atoms with Crippen LogP contribution in [0.25, 0.3) is 0 Å². The maximum absolute atomic E-state index is 12.2. The van der Waals surface area contributed by atoms with E-state index in [0.717, 1.165) is 10.4 Å². The number of carbonyl (C=O) groups excluding carboxylic acids is 1. The van der Waals surface area contributed by atoms with E-state index in [1.165, 1.54) is 18.4 Å². The number of anilines is 1. The molecule has 1 aromatic carbocycles. The van der Waals surface area contributed by atoms with E-state index < -0.39 is 18.2 Å². The molecule has 3 rings (SSSR count). The SMILES string of the molecule is COC(=O)C(Nc1ccccc1Cl)N1Cc2ccsc2C(O)C1. The second kappa shape index (κ2) is 6.88. The molecule has 23 heavy (non-hydrogen) atoms. The number of hydrogen-bond acceptors (Lipinski definition) is 6. The lowest BCUT2D eigenvalue weighted by Gasteiger charge is -2.35. The Kier molecular flexibility index (Phi) is 4.87. The third-order valence-electron chi connectivity index (χ3n) is 3.82. The molecule has 5 nitrogen and oxygen atoms in total. The smallest absolute Gasteiger partial charge is 0.343 e. The molecule has 0 spiro atoms. The first-order valence-electron chi connectivity index (χ1n) is 7.17. The highest BCUT2D eigenvalue weighted by Crippen LogP contribution is 2.32. The van der Waals surface area contributed by atoms with Crippen LogP contribution in [-0.4, -0.2) is 35.8 Å². The minimum atomic E-state index is -0.720. The third-order valence-corrected chi connectivity index (χ3v) is 5.21. The number of thiophene rings is 1. The third kappa shape index (κ3) is 3.35. The average molecular weight is 353 g/mol. The molecular weight excluding hydrogens is 336 g/mol. The van der Waals surface area contributed by atoms with Crippen LogP contribution in [0.15, 0.2) is 35.7 Å². The Hall–Kier alpha value is -1.60. The molecular formula is C16H17ClN2O3S. The van der Waals surface area contributed by atoms with Crippen molar-refractivity contribution in [1.29, 1.82) is 0 Å². The Balaban J connectivity index is 1.86. The van der Waals surface area contributed by atoms with E-state index in [-0.39, 0.29) is 0 Å². The minimum absolute atomic E-state index is 0.352. The number of esters is 1. The largest absolute Gasteiger partial charge is 0.466 e. The van der Waals surface area contributed by atoms with Gasteiger partial charge in [0.2, 0.25) is 0 Å². The van der Waals surface area contributed by atoms with Crippen molar-refractivity contribution in [3.05, 3.63) is 51.2 Å². The van der Waals surface area contributed by atoms with Crippen molar-refractivity contribution in [2.75, 3.05) is 19.0 Å². The molecule has 2 N–H and O–H groups in total. The van der Waals surface area contributed by atoms with Gasteiger partial charge in [-0.3, -0.25) is 4.90 Å². The van der Waals surface area contributed by atoms with Gasteiger partial charge < -0.3 is 15.2 Å². The van der Waals surface area contributed by atoms with E-state index in [4.69, 9.17) is 16.3 Å². The van der Waals surface area contributed by atoms with E-state index in [0.29, 0.717) is 23.8 Å². The molecule has 0 aliphatic carbocycles. The molecule has 2 aromatic rings. The summed E-state index contributed by atoms with van der Waals surface area (Å²) in [5.41, 5.74) is 1.68. The summed E-state index contributed by atoms with van der Waals surface area (Å²) in [6, 6.07) is 9.18. The van der Waals surface area contributed by atoms with Gasteiger partial charge in [0.25, 0.3) is 0 Å².